The average Bonchev–Trinajstić information content (AvgIpc) is 2.46. The molecule has 0 aromatic rings. The molecule has 0 rings (SSSR count). The molecule has 0 N–H and O–H groups in total. The van der Waals surface area contributed by atoms with E-state index in [1.165, 1.54) is 25.2 Å². The quantitative estimate of drug-likeness (QED) is 0.540. The van der Waals surface area contributed by atoms with Gasteiger partial charge < -0.3 is 17.6 Å². The van der Waals surface area contributed by atoms with E-state index in [9.17, 15) is 0 Å². The van der Waals surface area contributed by atoms with Gasteiger partial charge in [0.25, 0.3) is 0 Å². The van der Waals surface area contributed by atoms with Crippen LogP contribution in [0.1, 0.15) is 27.7 Å². The standard InChI is InChI=1S/C16H44N4Si3/c1-13-19(14-2)23(15-3,16-4)20(21(9,10)17(5)6)22(11,12)18(7)8/h13-16H2,1-12H3. The van der Waals surface area contributed by atoms with Crippen LogP contribution in [0.15, 0.2) is 0 Å². The zero-order chi connectivity index (χ0) is 18.6. The summed E-state index contributed by atoms with van der Waals surface area (Å²) >= 11 is 0. The van der Waals surface area contributed by atoms with Crippen molar-refractivity contribution in [3.8, 4) is 0 Å². The van der Waals surface area contributed by atoms with E-state index in [2.05, 4.69) is 99.7 Å². The van der Waals surface area contributed by atoms with Crippen LogP contribution in [-0.2, 0) is 0 Å². The Labute approximate surface area is 150 Å². The normalized spacial score (nSPS) is 14.6. The van der Waals surface area contributed by atoms with Crippen molar-refractivity contribution in [1.29, 1.82) is 0 Å². The highest BCUT2D eigenvalue weighted by Gasteiger charge is 2.56. The molecule has 7 heteroatoms. The largest absolute Gasteiger partial charge is 0.332 e. The molecule has 140 valence electrons. The van der Waals surface area contributed by atoms with Crippen LogP contribution in [0.3, 0.4) is 0 Å². The van der Waals surface area contributed by atoms with Gasteiger partial charge in [-0.25, -0.2) is 0 Å². The minimum Gasteiger partial charge on any atom is -0.332 e. The summed E-state index contributed by atoms with van der Waals surface area (Å²) in [7, 11) is 4.15. The van der Waals surface area contributed by atoms with Gasteiger partial charge in [-0.05, 0) is 79.6 Å². The Morgan fingerprint density at radius 3 is 1.09 bits per heavy atom. The van der Waals surface area contributed by atoms with E-state index >= 15 is 0 Å². The molecule has 23 heavy (non-hydrogen) atoms. The lowest BCUT2D eigenvalue weighted by molar-refractivity contribution is 0.411. The maximum atomic E-state index is 3.15. The molecule has 0 fully saturated rings. The molecule has 0 bridgehead atoms. The third-order valence-electron chi connectivity index (χ3n) is 6.18. The topological polar surface area (TPSA) is 13.0 Å². The maximum Gasteiger partial charge on any atom is 0.194 e. The summed E-state index contributed by atoms with van der Waals surface area (Å²) in [5.41, 5.74) is 0. The lowest BCUT2D eigenvalue weighted by Gasteiger charge is -2.62. The molecule has 0 amide bonds. The highest BCUT2D eigenvalue weighted by atomic mass is 28.5. The van der Waals surface area contributed by atoms with Crippen LogP contribution in [0.4, 0.5) is 0 Å². The third-order valence-corrected chi connectivity index (χ3v) is 26.7. The second-order valence-electron chi connectivity index (χ2n) is 7.97. The molecule has 0 aromatic heterocycles. The number of hydrogen-bond donors (Lipinski definition) is 0. The van der Waals surface area contributed by atoms with E-state index in [1.807, 2.05) is 0 Å². The summed E-state index contributed by atoms with van der Waals surface area (Å²) in [5.74, 6) is 0. The van der Waals surface area contributed by atoms with Crippen molar-refractivity contribution in [2.24, 2.45) is 0 Å². The predicted octanol–water partition coefficient (Wildman–Crippen LogP) is 3.64. The Kier molecular flexibility index (Phi) is 8.92. The highest BCUT2D eigenvalue weighted by molar-refractivity contribution is 7.02. The highest BCUT2D eigenvalue weighted by Crippen LogP contribution is 2.36. The van der Waals surface area contributed by atoms with Crippen molar-refractivity contribution in [3.63, 3.8) is 0 Å². The smallest absolute Gasteiger partial charge is 0.194 e. The molecule has 0 radical (unpaired) electrons. The Bertz CT molecular complexity index is 331. The van der Waals surface area contributed by atoms with Gasteiger partial charge >= 0.3 is 0 Å². The van der Waals surface area contributed by atoms with Crippen LogP contribution in [0.5, 0.6) is 0 Å². The first kappa shape index (κ1) is 23.5. The summed E-state index contributed by atoms with van der Waals surface area (Å²) < 4.78 is 11.1. The van der Waals surface area contributed by atoms with Crippen molar-refractivity contribution in [2.75, 3.05) is 41.3 Å². The maximum absolute atomic E-state index is 3.15. The molecule has 0 unspecified atom stereocenters. The van der Waals surface area contributed by atoms with Gasteiger partial charge in [-0.15, -0.1) is 0 Å². The Hall–Kier alpha value is 0.491. The number of nitrogens with zero attached hydrogens (tertiary/aromatic N) is 4. The van der Waals surface area contributed by atoms with Gasteiger partial charge in [0.1, 0.15) is 0 Å². The zero-order valence-corrected chi connectivity index (χ0v) is 21.1. The van der Waals surface area contributed by atoms with Crippen LogP contribution in [0.2, 0.25) is 38.3 Å². The fourth-order valence-electron chi connectivity index (χ4n) is 4.06. The average molecular weight is 377 g/mol. The molecule has 0 aliphatic carbocycles. The summed E-state index contributed by atoms with van der Waals surface area (Å²) in [5, 5.41) is 0. The van der Waals surface area contributed by atoms with Gasteiger partial charge in [0.05, 0.1) is 0 Å². The molecule has 0 saturated heterocycles. The van der Waals surface area contributed by atoms with E-state index in [4.69, 9.17) is 0 Å². The zero-order valence-electron chi connectivity index (χ0n) is 18.1. The molecule has 0 aliphatic heterocycles. The summed E-state index contributed by atoms with van der Waals surface area (Å²) in [4.78, 5) is 0. The third kappa shape index (κ3) is 4.37. The van der Waals surface area contributed by atoms with E-state index in [-0.39, 0.29) is 0 Å². The molecule has 0 saturated carbocycles. The summed E-state index contributed by atoms with van der Waals surface area (Å²) in [6, 6.07) is 2.64. The molecule has 4 nitrogen and oxygen atoms in total. The monoisotopic (exact) mass is 376 g/mol. The second kappa shape index (κ2) is 8.73. The van der Waals surface area contributed by atoms with E-state index in [1.54, 1.807) is 0 Å². The van der Waals surface area contributed by atoms with E-state index in [0.717, 1.165) is 0 Å². The first-order chi connectivity index (χ1) is 10.4. The summed E-state index contributed by atoms with van der Waals surface area (Å²) in [6.07, 6.45) is 0. The first-order valence-electron chi connectivity index (χ1n) is 9.30. The van der Waals surface area contributed by atoms with Crippen LogP contribution in [-0.4, -0.2) is 84.1 Å². The number of hydrogen-bond acceptors (Lipinski definition) is 4. The number of rotatable bonds is 10. The molecule has 0 heterocycles. The van der Waals surface area contributed by atoms with E-state index < -0.39 is 25.2 Å². The molecular formula is C16H44N4Si3. The first-order valence-corrected chi connectivity index (χ1v) is 17.4. The van der Waals surface area contributed by atoms with Gasteiger partial charge in [0.2, 0.25) is 0 Å². The fourth-order valence-corrected chi connectivity index (χ4v) is 27.0. The minimum absolute atomic E-state index is 1.18. The molecular weight excluding hydrogens is 332 g/mol. The van der Waals surface area contributed by atoms with Crippen molar-refractivity contribution < 1.29 is 0 Å². The van der Waals surface area contributed by atoms with Gasteiger partial charge in [-0.2, -0.15) is 0 Å². The van der Waals surface area contributed by atoms with Crippen molar-refractivity contribution in [1.82, 2.24) is 17.6 Å². The van der Waals surface area contributed by atoms with Gasteiger partial charge in [-0.3, -0.25) is 0 Å². The lowest BCUT2D eigenvalue weighted by atomic mass is 10.7. The molecule has 0 aliphatic rings. The van der Waals surface area contributed by atoms with Gasteiger partial charge in [0, 0.05) is 0 Å². The SMILES string of the molecule is CCN(CC)[Si](CC)(CC)N([Si](C)(C)N(C)C)[Si](C)(C)N(C)C. The van der Waals surface area contributed by atoms with Gasteiger partial charge in [-0.1, -0.05) is 27.7 Å². The Morgan fingerprint density at radius 1 is 0.609 bits per heavy atom. The van der Waals surface area contributed by atoms with Crippen molar-refractivity contribution >= 4 is 25.2 Å². The fraction of sp³-hybridized carbons (Fsp3) is 1.00. The van der Waals surface area contributed by atoms with Crippen LogP contribution in [0, 0.1) is 0 Å². The second-order valence-corrected chi connectivity index (χ2v) is 22.4. The van der Waals surface area contributed by atoms with E-state index in [0.29, 0.717) is 0 Å². The van der Waals surface area contributed by atoms with Gasteiger partial charge in [0.15, 0.2) is 25.2 Å². The molecule has 0 aromatic carbocycles. The van der Waals surface area contributed by atoms with Crippen LogP contribution in [0.25, 0.3) is 0 Å². The summed E-state index contributed by atoms with van der Waals surface area (Å²) in [6.45, 7) is 22.2. The predicted molar refractivity (Wildman–Crippen MR) is 114 cm³/mol. The van der Waals surface area contributed by atoms with Crippen molar-refractivity contribution in [2.45, 2.75) is 66.0 Å². The molecule has 0 atom stereocenters. The molecule has 0 spiro atoms. The lowest BCUT2D eigenvalue weighted by Crippen LogP contribution is -2.84. The van der Waals surface area contributed by atoms with Crippen LogP contribution < -0.4 is 0 Å². The Balaban J connectivity index is 6.50. The van der Waals surface area contributed by atoms with Crippen LogP contribution >= 0.6 is 0 Å². The van der Waals surface area contributed by atoms with Crippen molar-refractivity contribution in [3.05, 3.63) is 0 Å². The minimum atomic E-state index is -1.69. The Morgan fingerprint density at radius 2 is 0.913 bits per heavy atom.